The number of benzene rings is 1. The molecule has 1 fully saturated rings. The maximum atomic E-state index is 12.2. The average Bonchev–Trinajstić information content (AvgIpc) is 3.07. The van der Waals surface area contributed by atoms with E-state index in [0.717, 1.165) is 0 Å². The molecule has 2 heterocycles. The summed E-state index contributed by atoms with van der Waals surface area (Å²) in [7, 11) is 0. The van der Waals surface area contributed by atoms with Crippen molar-refractivity contribution in [1.29, 1.82) is 0 Å². The second-order valence-electron chi connectivity index (χ2n) is 5.07. The van der Waals surface area contributed by atoms with Crippen LogP contribution in [0.4, 0.5) is 0 Å². The number of fused-ring (bicyclic) bond motifs is 1. The summed E-state index contributed by atoms with van der Waals surface area (Å²) >= 11 is 0. The van der Waals surface area contributed by atoms with Gasteiger partial charge in [-0.15, -0.1) is 0 Å². The van der Waals surface area contributed by atoms with Crippen LogP contribution in [-0.4, -0.2) is 35.6 Å². The standard InChI is InChI=1S/C15H15NO5/c1-2-12-11(7-8-20-12)15(19)21-16-13(17)9-5-3-4-6-10(9)14(16)18/h3-6,11-12H,2,7-8H2,1H3. The first kappa shape index (κ1) is 13.8. The summed E-state index contributed by atoms with van der Waals surface area (Å²) in [5.74, 6) is -2.22. The predicted octanol–water partition coefficient (Wildman–Crippen LogP) is 1.56. The SMILES string of the molecule is CCC1OCCC1C(=O)ON1C(=O)c2ccccc2C1=O. The smallest absolute Gasteiger partial charge is 0.338 e. The van der Waals surface area contributed by atoms with Gasteiger partial charge in [0, 0.05) is 6.61 Å². The summed E-state index contributed by atoms with van der Waals surface area (Å²) in [6.07, 6.45) is 1.01. The topological polar surface area (TPSA) is 72.9 Å². The molecule has 6 heteroatoms. The lowest BCUT2D eigenvalue weighted by molar-refractivity contribution is -0.175. The Morgan fingerprint density at radius 1 is 1.29 bits per heavy atom. The van der Waals surface area contributed by atoms with E-state index in [0.29, 0.717) is 24.5 Å². The molecule has 1 aromatic rings. The number of carbonyl (C=O) groups is 3. The number of carbonyl (C=O) groups excluding carboxylic acids is 3. The summed E-state index contributed by atoms with van der Waals surface area (Å²) in [5, 5.41) is 0.554. The quantitative estimate of drug-likeness (QED) is 0.789. The molecule has 110 valence electrons. The molecule has 1 saturated heterocycles. The summed E-state index contributed by atoms with van der Waals surface area (Å²) in [6.45, 7) is 2.40. The highest BCUT2D eigenvalue weighted by atomic mass is 16.7. The molecular formula is C15H15NO5. The third kappa shape index (κ3) is 2.21. The Balaban J connectivity index is 1.76. The van der Waals surface area contributed by atoms with Crippen molar-refractivity contribution in [2.24, 2.45) is 5.92 Å². The molecule has 2 amide bonds. The number of amides is 2. The van der Waals surface area contributed by atoms with Crippen LogP contribution in [0.5, 0.6) is 0 Å². The van der Waals surface area contributed by atoms with E-state index in [4.69, 9.17) is 9.57 Å². The molecule has 1 aromatic carbocycles. The minimum Gasteiger partial charge on any atom is -0.377 e. The van der Waals surface area contributed by atoms with E-state index in [1.807, 2.05) is 6.92 Å². The first-order valence-corrected chi connectivity index (χ1v) is 6.94. The normalized spacial score (nSPS) is 24.3. The fourth-order valence-corrected chi connectivity index (χ4v) is 2.73. The number of nitrogens with zero attached hydrogens (tertiary/aromatic N) is 1. The lowest BCUT2D eigenvalue weighted by Crippen LogP contribution is -2.37. The third-order valence-electron chi connectivity index (χ3n) is 3.85. The summed E-state index contributed by atoms with van der Waals surface area (Å²) in [5.41, 5.74) is 0.509. The highest BCUT2D eigenvalue weighted by Crippen LogP contribution is 2.27. The van der Waals surface area contributed by atoms with Crippen molar-refractivity contribution in [1.82, 2.24) is 5.06 Å². The van der Waals surface area contributed by atoms with Crippen LogP contribution in [0.2, 0.25) is 0 Å². The van der Waals surface area contributed by atoms with Crippen LogP contribution in [0, 0.1) is 5.92 Å². The van der Waals surface area contributed by atoms with E-state index in [-0.39, 0.29) is 17.2 Å². The molecule has 3 rings (SSSR count). The van der Waals surface area contributed by atoms with Gasteiger partial charge in [-0.25, -0.2) is 4.79 Å². The number of imide groups is 1. The Hall–Kier alpha value is -2.21. The van der Waals surface area contributed by atoms with E-state index in [1.54, 1.807) is 12.1 Å². The van der Waals surface area contributed by atoms with Gasteiger partial charge < -0.3 is 9.57 Å². The molecule has 6 nitrogen and oxygen atoms in total. The van der Waals surface area contributed by atoms with Crippen molar-refractivity contribution in [2.75, 3.05) is 6.61 Å². The zero-order valence-electron chi connectivity index (χ0n) is 11.6. The molecule has 2 atom stereocenters. The van der Waals surface area contributed by atoms with Crippen molar-refractivity contribution in [3.05, 3.63) is 35.4 Å². The highest BCUT2D eigenvalue weighted by molar-refractivity contribution is 6.20. The first-order chi connectivity index (χ1) is 10.1. The molecule has 0 bridgehead atoms. The van der Waals surface area contributed by atoms with Gasteiger partial charge in [-0.1, -0.05) is 24.1 Å². The third-order valence-corrected chi connectivity index (χ3v) is 3.85. The first-order valence-electron chi connectivity index (χ1n) is 6.94. The zero-order chi connectivity index (χ0) is 15.0. The molecule has 0 N–H and O–H groups in total. The molecule has 0 aromatic heterocycles. The summed E-state index contributed by atoms with van der Waals surface area (Å²) in [6, 6.07) is 6.40. The van der Waals surface area contributed by atoms with Crippen LogP contribution in [-0.2, 0) is 14.4 Å². The van der Waals surface area contributed by atoms with E-state index in [9.17, 15) is 14.4 Å². The monoisotopic (exact) mass is 289 g/mol. The van der Waals surface area contributed by atoms with E-state index in [2.05, 4.69) is 0 Å². The lowest BCUT2D eigenvalue weighted by atomic mass is 10.0. The van der Waals surface area contributed by atoms with Gasteiger partial charge in [0.2, 0.25) is 0 Å². The maximum Gasteiger partial charge on any atom is 0.338 e. The van der Waals surface area contributed by atoms with Gasteiger partial charge in [0.15, 0.2) is 0 Å². The fraction of sp³-hybridized carbons (Fsp3) is 0.400. The number of ether oxygens (including phenoxy) is 1. The van der Waals surface area contributed by atoms with Crippen molar-refractivity contribution in [3.63, 3.8) is 0 Å². The van der Waals surface area contributed by atoms with Crippen LogP contribution in [0.15, 0.2) is 24.3 Å². The molecule has 2 aliphatic heterocycles. The van der Waals surface area contributed by atoms with E-state index in [1.165, 1.54) is 12.1 Å². The van der Waals surface area contributed by atoms with Gasteiger partial charge in [-0.05, 0) is 25.0 Å². The molecular weight excluding hydrogens is 274 g/mol. The van der Waals surface area contributed by atoms with Gasteiger partial charge in [0.25, 0.3) is 11.8 Å². The minimum absolute atomic E-state index is 0.215. The van der Waals surface area contributed by atoms with Gasteiger partial charge in [0.1, 0.15) is 0 Å². The fourth-order valence-electron chi connectivity index (χ4n) is 2.73. The van der Waals surface area contributed by atoms with Gasteiger partial charge in [0.05, 0.1) is 23.1 Å². The molecule has 21 heavy (non-hydrogen) atoms. The molecule has 2 aliphatic rings. The minimum atomic E-state index is -0.601. The van der Waals surface area contributed by atoms with Crippen LogP contribution in [0.3, 0.4) is 0 Å². The van der Waals surface area contributed by atoms with Crippen molar-refractivity contribution in [3.8, 4) is 0 Å². The Bertz CT molecular complexity index is 577. The lowest BCUT2D eigenvalue weighted by Gasteiger charge is -2.18. The maximum absolute atomic E-state index is 12.2. The Kier molecular flexibility index (Phi) is 3.47. The van der Waals surface area contributed by atoms with Crippen molar-refractivity contribution in [2.45, 2.75) is 25.9 Å². The molecule has 0 radical (unpaired) electrons. The Labute approximate surface area is 121 Å². The van der Waals surface area contributed by atoms with Crippen molar-refractivity contribution < 1.29 is 24.0 Å². The Morgan fingerprint density at radius 2 is 1.90 bits per heavy atom. The Morgan fingerprint density at radius 3 is 2.48 bits per heavy atom. The van der Waals surface area contributed by atoms with Crippen LogP contribution in [0.25, 0.3) is 0 Å². The molecule has 0 spiro atoms. The predicted molar refractivity (Wildman–Crippen MR) is 71.2 cm³/mol. The second kappa shape index (κ2) is 5.29. The van der Waals surface area contributed by atoms with Gasteiger partial charge >= 0.3 is 5.97 Å². The second-order valence-corrected chi connectivity index (χ2v) is 5.07. The van der Waals surface area contributed by atoms with E-state index < -0.39 is 23.7 Å². The molecule has 0 saturated carbocycles. The average molecular weight is 289 g/mol. The van der Waals surface area contributed by atoms with Crippen molar-refractivity contribution >= 4 is 17.8 Å². The number of hydrogen-bond donors (Lipinski definition) is 0. The number of rotatable bonds is 3. The van der Waals surface area contributed by atoms with Crippen LogP contribution >= 0.6 is 0 Å². The van der Waals surface area contributed by atoms with E-state index >= 15 is 0 Å². The number of hydrogen-bond acceptors (Lipinski definition) is 5. The molecule has 0 aliphatic carbocycles. The largest absolute Gasteiger partial charge is 0.377 e. The van der Waals surface area contributed by atoms with Gasteiger partial charge in [-0.3, -0.25) is 9.59 Å². The summed E-state index contributed by atoms with van der Waals surface area (Å²) < 4.78 is 5.43. The van der Waals surface area contributed by atoms with Gasteiger partial charge in [-0.2, -0.15) is 0 Å². The van der Waals surface area contributed by atoms with Crippen LogP contribution < -0.4 is 0 Å². The zero-order valence-corrected chi connectivity index (χ0v) is 11.6. The highest BCUT2D eigenvalue weighted by Gasteiger charge is 2.42. The molecule has 2 unspecified atom stereocenters. The van der Waals surface area contributed by atoms with Crippen LogP contribution in [0.1, 0.15) is 40.5 Å². The summed E-state index contributed by atoms with van der Waals surface area (Å²) in [4.78, 5) is 41.4. The number of hydroxylamine groups is 2.